The minimum Gasteiger partial charge on any atom is -0.467 e. The Morgan fingerprint density at radius 1 is 1.10 bits per heavy atom. The van der Waals surface area contributed by atoms with E-state index in [2.05, 4.69) is 20.5 Å². The fourth-order valence-electron chi connectivity index (χ4n) is 1.79. The first-order valence-corrected chi connectivity index (χ1v) is 6.11. The lowest BCUT2D eigenvalue weighted by atomic mass is 10.2. The highest BCUT2D eigenvalue weighted by Crippen LogP contribution is 2.11. The Kier molecular flexibility index (Phi) is 3.28. The van der Waals surface area contributed by atoms with Gasteiger partial charge in [-0.1, -0.05) is 30.3 Å². The number of anilines is 1. The molecule has 0 saturated heterocycles. The summed E-state index contributed by atoms with van der Waals surface area (Å²) in [4.78, 5) is 14.6. The summed E-state index contributed by atoms with van der Waals surface area (Å²) < 4.78 is 5.18. The van der Waals surface area contributed by atoms with Crippen molar-refractivity contribution in [2.75, 3.05) is 5.32 Å². The Balaban J connectivity index is 1.79. The number of benzene rings is 1. The van der Waals surface area contributed by atoms with Gasteiger partial charge in [0.1, 0.15) is 5.76 Å². The Morgan fingerprint density at radius 2 is 1.95 bits per heavy atom. The Morgan fingerprint density at radius 3 is 2.65 bits per heavy atom. The molecule has 6 heteroatoms. The highest BCUT2D eigenvalue weighted by atomic mass is 16.3. The van der Waals surface area contributed by atoms with Crippen LogP contribution in [0.5, 0.6) is 0 Å². The van der Waals surface area contributed by atoms with E-state index in [-0.39, 0.29) is 5.56 Å². The summed E-state index contributed by atoms with van der Waals surface area (Å²) in [5.41, 5.74) is 0.751. The van der Waals surface area contributed by atoms with Gasteiger partial charge in [-0.25, -0.2) is 0 Å². The topological polar surface area (TPSA) is 83.8 Å². The predicted octanol–water partition coefficient (Wildman–Crippen LogP) is 2.04. The Bertz CT molecular complexity index is 735. The maximum Gasteiger partial charge on any atom is 0.279 e. The van der Waals surface area contributed by atoms with E-state index in [4.69, 9.17) is 4.42 Å². The minimum absolute atomic E-state index is 0.284. The van der Waals surface area contributed by atoms with E-state index in [0.717, 1.165) is 11.3 Å². The van der Waals surface area contributed by atoms with Crippen molar-refractivity contribution in [3.63, 3.8) is 0 Å². The van der Waals surface area contributed by atoms with Crippen LogP contribution in [0.3, 0.4) is 0 Å². The lowest BCUT2D eigenvalue weighted by Gasteiger charge is -2.03. The van der Waals surface area contributed by atoms with Crippen LogP contribution in [-0.2, 0) is 6.54 Å². The Hall–Kier alpha value is -2.89. The van der Waals surface area contributed by atoms with Gasteiger partial charge in [0.15, 0.2) is 5.69 Å². The maximum absolute atomic E-state index is 12.0. The zero-order chi connectivity index (χ0) is 13.8. The fraction of sp³-hybridized carbons (Fsp3) is 0.0714. The lowest BCUT2D eigenvalue weighted by molar-refractivity contribution is 0.517. The number of H-pyrrole nitrogens is 1. The van der Waals surface area contributed by atoms with E-state index in [1.54, 1.807) is 12.3 Å². The second kappa shape index (κ2) is 5.40. The van der Waals surface area contributed by atoms with Crippen molar-refractivity contribution in [1.82, 2.24) is 15.2 Å². The van der Waals surface area contributed by atoms with Crippen LogP contribution in [0.2, 0.25) is 0 Å². The van der Waals surface area contributed by atoms with E-state index in [1.807, 2.05) is 36.4 Å². The third kappa shape index (κ3) is 2.59. The number of nitrogens with zero attached hydrogens (tertiary/aromatic N) is 2. The molecule has 1 aromatic carbocycles. The largest absolute Gasteiger partial charge is 0.467 e. The summed E-state index contributed by atoms with van der Waals surface area (Å²) in [5.74, 6) is 1.06. The molecule has 0 fully saturated rings. The number of nitrogens with one attached hydrogen (secondary N) is 2. The molecule has 0 amide bonds. The quantitative estimate of drug-likeness (QED) is 0.756. The van der Waals surface area contributed by atoms with Gasteiger partial charge in [0, 0.05) is 5.56 Å². The number of aromatic nitrogens is 3. The van der Waals surface area contributed by atoms with E-state index in [9.17, 15) is 4.79 Å². The molecular weight excluding hydrogens is 256 g/mol. The smallest absolute Gasteiger partial charge is 0.279 e. The molecule has 0 spiro atoms. The van der Waals surface area contributed by atoms with Gasteiger partial charge in [0.25, 0.3) is 5.56 Å². The molecule has 100 valence electrons. The van der Waals surface area contributed by atoms with E-state index >= 15 is 0 Å². The van der Waals surface area contributed by atoms with Crippen molar-refractivity contribution < 1.29 is 4.42 Å². The zero-order valence-electron chi connectivity index (χ0n) is 10.5. The number of rotatable bonds is 4. The second-order valence-electron chi connectivity index (χ2n) is 4.15. The summed E-state index contributed by atoms with van der Waals surface area (Å²) >= 11 is 0. The van der Waals surface area contributed by atoms with Crippen molar-refractivity contribution in [3.8, 4) is 11.3 Å². The van der Waals surface area contributed by atoms with Gasteiger partial charge in [0.05, 0.1) is 12.8 Å². The molecule has 2 heterocycles. The molecule has 0 aliphatic rings. The highest BCUT2D eigenvalue weighted by molar-refractivity contribution is 5.57. The standard InChI is InChI=1S/C14H12N4O2/c19-13-12(10-5-2-1-3-6-10)17-18-14(16-13)15-9-11-7-4-8-20-11/h1-8H,9H2,(H2,15,16,18,19). The molecule has 0 saturated carbocycles. The van der Waals surface area contributed by atoms with E-state index in [1.165, 1.54) is 0 Å². The zero-order valence-corrected chi connectivity index (χ0v) is 10.5. The first kappa shape index (κ1) is 12.2. The van der Waals surface area contributed by atoms with E-state index in [0.29, 0.717) is 18.2 Å². The maximum atomic E-state index is 12.0. The number of hydrogen-bond acceptors (Lipinski definition) is 5. The van der Waals surface area contributed by atoms with Gasteiger partial charge in [-0.05, 0) is 12.1 Å². The molecular formula is C14H12N4O2. The molecule has 20 heavy (non-hydrogen) atoms. The van der Waals surface area contributed by atoms with Crippen LogP contribution < -0.4 is 10.9 Å². The Labute approximate surface area is 114 Å². The van der Waals surface area contributed by atoms with Gasteiger partial charge in [-0.15, -0.1) is 10.2 Å². The predicted molar refractivity (Wildman–Crippen MR) is 74.1 cm³/mol. The normalized spacial score (nSPS) is 10.4. The third-order valence-electron chi connectivity index (χ3n) is 2.75. The summed E-state index contributed by atoms with van der Waals surface area (Å²) in [5, 5.41) is 10.9. The molecule has 0 atom stereocenters. The molecule has 6 nitrogen and oxygen atoms in total. The monoisotopic (exact) mass is 268 g/mol. The first-order valence-electron chi connectivity index (χ1n) is 6.11. The van der Waals surface area contributed by atoms with Crippen LogP contribution >= 0.6 is 0 Å². The van der Waals surface area contributed by atoms with Crippen molar-refractivity contribution in [2.45, 2.75) is 6.54 Å². The van der Waals surface area contributed by atoms with Crippen LogP contribution in [0.1, 0.15) is 5.76 Å². The number of hydrogen-bond donors (Lipinski definition) is 2. The highest BCUT2D eigenvalue weighted by Gasteiger charge is 2.07. The second-order valence-corrected chi connectivity index (χ2v) is 4.15. The molecule has 2 aromatic heterocycles. The molecule has 3 rings (SSSR count). The average molecular weight is 268 g/mol. The van der Waals surface area contributed by atoms with E-state index < -0.39 is 0 Å². The van der Waals surface area contributed by atoms with Gasteiger partial charge in [-0.3, -0.25) is 9.78 Å². The summed E-state index contributed by atoms with van der Waals surface area (Å²) in [6.45, 7) is 0.433. The van der Waals surface area contributed by atoms with Crippen LogP contribution in [0.15, 0.2) is 57.9 Å². The SMILES string of the molecule is O=c1[nH]c(NCc2ccco2)nnc1-c1ccccc1. The lowest BCUT2D eigenvalue weighted by Crippen LogP contribution is -2.16. The van der Waals surface area contributed by atoms with Crippen molar-refractivity contribution in [3.05, 3.63) is 64.8 Å². The van der Waals surface area contributed by atoms with Crippen LogP contribution in [0, 0.1) is 0 Å². The van der Waals surface area contributed by atoms with Crippen LogP contribution in [0.4, 0.5) is 5.95 Å². The first-order chi connectivity index (χ1) is 9.83. The third-order valence-corrected chi connectivity index (χ3v) is 2.75. The van der Waals surface area contributed by atoms with Gasteiger partial charge in [-0.2, -0.15) is 0 Å². The summed E-state index contributed by atoms with van der Waals surface area (Å²) in [6, 6.07) is 12.8. The van der Waals surface area contributed by atoms with Crippen LogP contribution in [-0.4, -0.2) is 15.2 Å². The average Bonchev–Trinajstić information content (AvgIpc) is 2.99. The summed E-state index contributed by atoms with van der Waals surface area (Å²) in [7, 11) is 0. The fourth-order valence-corrected chi connectivity index (χ4v) is 1.79. The van der Waals surface area contributed by atoms with Gasteiger partial charge in [0.2, 0.25) is 5.95 Å². The van der Waals surface area contributed by atoms with Crippen molar-refractivity contribution in [2.24, 2.45) is 0 Å². The minimum atomic E-state index is -0.284. The van der Waals surface area contributed by atoms with Gasteiger partial charge >= 0.3 is 0 Å². The van der Waals surface area contributed by atoms with Crippen molar-refractivity contribution in [1.29, 1.82) is 0 Å². The molecule has 0 unspecified atom stereocenters. The molecule has 0 aliphatic carbocycles. The molecule has 0 radical (unpaired) electrons. The van der Waals surface area contributed by atoms with Gasteiger partial charge < -0.3 is 9.73 Å². The molecule has 3 aromatic rings. The van der Waals surface area contributed by atoms with Crippen molar-refractivity contribution >= 4 is 5.95 Å². The van der Waals surface area contributed by atoms with Crippen LogP contribution in [0.25, 0.3) is 11.3 Å². The number of furan rings is 1. The molecule has 0 aliphatic heterocycles. The summed E-state index contributed by atoms with van der Waals surface area (Å²) in [6.07, 6.45) is 1.59. The number of aromatic amines is 1. The molecule has 0 bridgehead atoms. The molecule has 2 N–H and O–H groups in total.